The molecule has 2 N–H and O–H groups in total. The summed E-state index contributed by atoms with van der Waals surface area (Å²) in [6, 6.07) is 38.0. The van der Waals surface area contributed by atoms with Crippen LogP contribution in [0.1, 0.15) is 23.7 Å². The highest BCUT2D eigenvalue weighted by atomic mass is 32.2. The lowest BCUT2D eigenvalue weighted by Crippen LogP contribution is -2.19. The molecule has 0 aliphatic carbocycles. The van der Waals surface area contributed by atoms with Gasteiger partial charge in [-0.05, 0) is 59.0 Å². The first-order valence-electron chi connectivity index (χ1n) is 12.5. The molecular weight excluding hydrogens is 504 g/mol. The summed E-state index contributed by atoms with van der Waals surface area (Å²) in [4.78, 5) is 19.2. The van der Waals surface area contributed by atoms with Crippen molar-refractivity contribution in [2.45, 2.75) is 20.0 Å². The summed E-state index contributed by atoms with van der Waals surface area (Å²) in [5, 5.41) is 0. The minimum Gasteiger partial charge on any atom is -0.487 e. The zero-order chi connectivity index (χ0) is 28.0. The van der Waals surface area contributed by atoms with E-state index in [0.29, 0.717) is 6.61 Å². The Labute approximate surface area is 234 Å². The zero-order valence-corrected chi connectivity index (χ0v) is 23.4. The first-order valence-corrected chi connectivity index (χ1v) is 14.2. The number of ketones is 1. The van der Waals surface area contributed by atoms with Crippen LogP contribution in [0, 0.1) is 0 Å². The molecule has 0 unspecified atom stereocenters. The van der Waals surface area contributed by atoms with Gasteiger partial charge in [0.15, 0.2) is 0 Å². The average Bonchev–Trinajstić information content (AvgIpc) is 3.37. The molecule has 2 aromatic heterocycles. The second-order valence-corrected chi connectivity index (χ2v) is 9.57. The van der Waals surface area contributed by atoms with Crippen LogP contribution in [-0.4, -0.2) is 28.6 Å². The van der Waals surface area contributed by atoms with Crippen LogP contribution in [0.25, 0.3) is 16.6 Å². The van der Waals surface area contributed by atoms with Crippen molar-refractivity contribution in [1.29, 1.82) is 0 Å². The number of rotatable bonds is 7. The molecule has 6 heteroatoms. The summed E-state index contributed by atoms with van der Waals surface area (Å²) in [6.07, 6.45) is 7.06. The fraction of sp³-hybridized carbons (Fsp3) is 0.152. The molecule has 5 aromatic rings. The number of thioether (sulfide) groups is 1. The zero-order valence-electron chi connectivity index (χ0n) is 22.5. The van der Waals surface area contributed by atoms with E-state index >= 15 is 0 Å². The third kappa shape index (κ3) is 8.62. The molecule has 200 valence electrons. The first kappa shape index (κ1) is 29.3. The molecule has 2 heterocycles. The molecule has 1 amide bonds. The fourth-order valence-electron chi connectivity index (χ4n) is 3.94. The highest BCUT2D eigenvalue weighted by Crippen LogP contribution is 2.28. The van der Waals surface area contributed by atoms with Crippen LogP contribution >= 0.6 is 11.8 Å². The summed E-state index contributed by atoms with van der Waals surface area (Å²) in [5.41, 5.74) is 11.8. The summed E-state index contributed by atoms with van der Waals surface area (Å²) < 4.78 is 8.38. The van der Waals surface area contributed by atoms with E-state index in [1.54, 1.807) is 11.8 Å². The van der Waals surface area contributed by atoms with Crippen molar-refractivity contribution < 1.29 is 14.3 Å². The van der Waals surface area contributed by atoms with Crippen molar-refractivity contribution >= 4 is 29.0 Å². The third-order valence-electron chi connectivity index (χ3n) is 5.80. The quantitative estimate of drug-likeness (QED) is 0.231. The average molecular weight is 539 g/mol. The van der Waals surface area contributed by atoms with Crippen LogP contribution in [-0.2, 0) is 22.6 Å². The van der Waals surface area contributed by atoms with Crippen molar-refractivity contribution in [1.82, 2.24) is 4.40 Å². The molecular formula is C33H34N2O3S. The van der Waals surface area contributed by atoms with Gasteiger partial charge in [0.1, 0.15) is 12.4 Å². The normalized spacial score (nSPS) is 10.0. The molecule has 0 bridgehead atoms. The predicted molar refractivity (Wildman–Crippen MR) is 162 cm³/mol. The minimum atomic E-state index is -0.880. The lowest BCUT2D eigenvalue weighted by molar-refractivity contribution is -0.134. The molecule has 5 nitrogen and oxygen atoms in total. The number of benzene rings is 3. The number of carbonyl (C=O) groups is 2. The molecule has 0 saturated carbocycles. The maximum atomic E-state index is 9.67. The van der Waals surface area contributed by atoms with Crippen molar-refractivity contribution in [3.8, 4) is 16.9 Å². The number of pyridine rings is 1. The van der Waals surface area contributed by atoms with Crippen LogP contribution in [0.3, 0.4) is 0 Å². The van der Waals surface area contributed by atoms with Gasteiger partial charge in [-0.2, -0.15) is 11.8 Å². The number of amides is 1. The topological polar surface area (TPSA) is 73.8 Å². The number of carbonyl (C=O) groups excluding carboxylic acids is 2. The van der Waals surface area contributed by atoms with Gasteiger partial charge in [0, 0.05) is 25.2 Å². The Balaban J connectivity index is 0.000000408. The summed E-state index contributed by atoms with van der Waals surface area (Å²) in [7, 11) is 0. The maximum Gasteiger partial charge on any atom is 0.284 e. The van der Waals surface area contributed by atoms with Gasteiger partial charge in [0.25, 0.3) is 5.91 Å². The van der Waals surface area contributed by atoms with Crippen LogP contribution in [0.2, 0.25) is 0 Å². The Bertz CT molecular complexity index is 1470. The highest BCUT2D eigenvalue weighted by Gasteiger charge is 2.10. The molecule has 39 heavy (non-hydrogen) atoms. The molecule has 0 atom stereocenters. The molecule has 0 spiro atoms. The summed E-state index contributed by atoms with van der Waals surface area (Å²) >= 11 is 1.75. The molecule has 0 aliphatic heterocycles. The number of hydrogen-bond acceptors (Lipinski definition) is 4. The Morgan fingerprint density at radius 2 is 1.38 bits per heavy atom. The van der Waals surface area contributed by atoms with E-state index in [1.165, 1.54) is 27.9 Å². The highest BCUT2D eigenvalue weighted by molar-refractivity contribution is 7.97. The predicted octanol–water partition coefficient (Wildman–Crippen LogP) is 6.82. The van der Waals surface area contributed by atoms with E-state index in [2.05, 4.69) is 101 Å². The van der Waals surface area contributed by atoms with E-state index in [-0.39, 0.29) is 0 Å². The summed E-state index contributed by atoms with van der Waals surface area (Å²) in [6.45, 7) is 1.69. The van der Waals surface area contributed by atoms with E-state index in [9.17, 15) is 9.59 Å². The molecule has 0 saturated heterocycles. The Morgan fingerprint density at radius 3 is 2.03 bits per heavy atom. The van der Waals surface area contributed by atoms with Crippen LogP contribution in [0.15, 0.2) is 115 Å². The van der Waals surface area contributed by atoms with Gasteiger partial charge in [-0.3, -0.25) is 9.59 Å². The van der Waals surface area contributed by atoms with Crippen molar-refractivity contribution in [2.75, 3.05) is 12.5 Å². The molecule has 3 aromatic carbocycles. The van der Waals surface area contributed by atoms with Gasteiger partial charge in [-0.1, -0.05) is 84.9 Å². The molecule has 5 rings (SSSR count). The lowest BCUT2D eigenvalue weighted by atomic mass is 9.97. The number of nitrogens with two attached hydrogens (primary N) is 1. The molecule has 0 radical (unpaired) electrons. The maximum absolute atomic E-state index is 9.67. The van der Waals surface area contributed by atoms with Gasteiger partial charge < -0.3 is 14.9 Å². The Morgan fingerprint density at radius 1 is 0.795 bits per heavy atom. The number of aromatic nitrogens is 1. The number of fused-ring (bicyclic) bond motifs is 1. The van der Waals surface area contributed by atoms with Crippen LogP contribution in [0.4, 0.5) is 0 Å². The second kappa shape index (κ2) is 15.2. The molecule has 0 aliphatic rings. The van der Waals surface area contributed by atoms with Crippen LogP contribution < -0.4 is 10.5 Å². The second-order valence-electron chi connectivity index (χ2n) is 8.76. The number of Topliss-reactive ketones (excluding diaryl/α,β-unsaturated/α-hetero) is 1. The van der Waals surface area contributed by atoms with Gasteiger partial charge >= 0.3 is 0 Å². The fourth-order valence-corrected chi connectivity index (χ4v) is 3.94. The van der Waals surface area contributed by atoms with Crippen molar-refractivity contribution in [3.63, 3.8) is 0 Å². The minimum absolute atomic E-state index is 0.567. The standard InChI is InChI=1S/C28H23NO.C3H5NO2.C2H6S/c1-3-10-22(11-4-1)21-30-28-16-9-19-29-25(17-18-27(28)29)20-24-14-7-8-15-26(24)23-12-5-2-6-13-23;1-2(5)3(4)6;1-3-2/h1-19H,20-21H2;1H3,(H2,4,6);1-2H3. The number of hydrogen-bond donors (Lipinski definition) is 1. The van der Waals surface area contributed by atoms with E-state index < -0.39 is 11.7 Å². The van der Waals surface area contributed by atoms with E-state index in [1.807, 2.05) is 36.8 Å². The number of primary amides is 1. The van der Waals surface area contributed by atoms with Crippen LogP contribution in [0.5, 0.6) is 5.75 Å². The first-order chi connectivity index (χ1) is 18.9. The van der Waals surface area contributed by atoms with E-state index in [4.69, 9.17) is 4.74 Å². The molecule has 0 fully saturated rings. The largest absolute Gasteiger partial charge is 0.487 e. The third-order valence-corrected chi connectivity index (χ3v) is 5.80. The van der Waals surface area contributed by atoms with Crippen molar-refractivity contribution in [3.05, 3.63) is 132 Å². The van der Waals surface area contributed by atoms with Gasteiger partial charge in [-0.15, -0.1) is 0 Å². The summed E-state index contributed by atoms with van der Waals surface area (Å²) in [5.74, 6) is -0.575. The van der Waals surface area contributed by atoms with Gasteiger partial charge in [0.05, 0.1) is 5.52 Å². The van der Waals surface area contributed by atoms with Crippen molar-refractivity contribution in [2.24, 2.45) is 5.73 Å². The van der Waals surface area contributed by atoms with Gasteiger partial charge in [-0.25, -0.2) is 0 Å². The Kier molecular flexibility index (Phi) is 11.4. The van der Waals surface area contributed by atoms with E-state index in [0.717, 1.165) is 24.6 Å². The number of ether oxygens (including phenoxy) is 1. The SMILES string of the molecule is CC(=O)C(N)=O.CSC.c1ccc(COc2cccn3c(Cc4ccccc4-c4ccccc4)ccc23)cc1. The Hall–Kier alpha value is -4.29. The van der Waals surface area contributed by atoms with Gasteiger partial charge in [0.2, 0.25) is 5.78 Å². The smallest absolute Gasteiger partial charge is 0.284 e. The lowest BCUT2D eigenvalue weighted by Gasteiger charge is -2.12. The number of nitrogens with zero attached hydrogens (tertiary/aromatic N) is 1. The monoisotopic (exact) mass is 538 g/mol.